The molecule has 1 aromatic rings. The van der Waals surface area contributed by atoms with Crippen LogP contribution in [0, 0.1) is 10.1 Å². The molecular weight excluding hydrogens is 388 g/mol. The summed E-state index contributed by atoms with van der Waals surface area (Å²) < 4.78 is 16.2. The van der Waals surface area contributed by atoms with Crippen LogP contribution in [0.5, 0.6) is 11.5 Å². The Kier molecular flexibility index (Phi) is 9.70. The van der Waals surface area contributed by atoms with E-state index >= 15 is 0 Å². The molecule has 8 heteroatoms. The summed E-state index contributed by atoms with van der Waals surface area (Å²) in [6, 6.07) is 2.86. The molecule has 0 saturated heterocycles. The third-order valence-electron chi connectivity index (χ3n) is 5.26. The monoisotopic (exact) mass is 422 g/mol. The average molecular weight is 423 g/mol. The third-order valence-corrected chi connectivity index (χ3v) is 5.26. The normalized spacial score (nSPS) is 13.2. The fraction of sp³-hybridized carbons (Fsp3) is 0.682. The van der Waals surface area contributed by atoms with E-state index in [-0.39, 0.29) is 12.5 Å². The summed E-state index contributed by atoms with van der Waals surface area (Å²) in [6.45, 7) is 7.25. The number of carbonyl (C=O) groups excluding carboxylic acids is 1. The Morgan fingerprint density at radius 1 is 1.07 bits per heavy atom. The van der Waals surface area contributed by atoms with E-state index in [1.807, 2.05) is 0 Å². The summed E-state index contributed by atoms with van der Waals surface area (Å²) in [4.78, 5) is 25.6. The number of amides is 1. The van der Waals surface area contributed by atoms with Crippen molar-refractivity contribution in [3.8, 4) is 11.5 Å². The molecule has 8 nitrogen and oxygen atoms in total. The zero-order valence-electron chi connectivity index (χ0n) is 18.4. The van der Waals surface area contributed by atoms with E-state index in [0.717, 1.165) is 51.4 Å². The van der Waals surface area contributed by atoms with E-state index in [2.05, 4.69) is 13.8 Å². The van der Waals surface area contributed by atoms with Crippen molar-refractivity contribution in [2.45, 2.75) is 78.2 Å². The van der Waals surface area contributed by atoms with Crippen LogP contribution in [0.15, 0.2) is 12.1 Å². The zero-order valence-corrected chi connectivity index (χ0v) is 18.4. The number of rotatable bonds is 13. The number of benzene rings is 1. The van der Waals surface area contributed by atoms with E-state index < -0.39 is 17.1 Å². The van der Waals surface area contributed by atoms with Gasteiger partial charge in [-0.15, -0.1) is 0 Å². The number of nitrogens with zero attached hydrogens (tertiary/aromatic N) is 2. The van der Waals surface area contributed by atoms with Crippen LogP contribution >= 0.6 is 0 Å². The summed E-state index contributed by atoms with van der Waals surface area (Å²) in [6.07, 6.45) is 7.32. The average Bonchev–Trinajstić information content (AvgIpc) is 3.19. The van der Waals surface area contributed by atoms with Crippen molar-refractivity contribution in [1.29, 1.82) is 0 Å². The van der Waals surface area contributed by atoms with Gasteiger partial charge in [-0.05, 0) is 25.8 Å². The van der Waals surface area contributed by atoms with Gasteiger partial charge in [-0.1, -0.05) is 52.4 Å². The molecule has 0 radical (unpaired) electrons. The summed E-state index contributed by atoms with van der Waals surface area (Å²) in [5, 5.41) is 11.5. The minimum absolute atomic E-state index is 0.0212. The Morgan fingerprint density at radius 2 is 1.63 bits per heavy atom. The lowest BCUT2D eigenvalue weighted by Gasteiger charge is -2.24. The molecule has 1 aliphatic heterocycles. The van der Waals surface area contributed by atoms with Crippen LogP contribution in [0.25, 0.3) is 0 Å². The minimum Gasteiger partial charge on any atom is -0.454 e. The van der Waals surface area contributed by atoms with Gasteiger partial charge in [-0.25, -0.2) is 4.79 Å². The van der Waals surface area contributed by atoms with Crippen LogP contribution in [-0.2, 0) is 4.74 Å². The van der Waals surface area contributed by atoms with Crippen molar-refractivity contribution in [2.24, 2.45) is 0 Å². The molecule has 1 unspecified atom stereocenters. The molecule has 168 valence electrons. The van der Waals surface area contributed by atoms with Crippen molar-refractivity contribution in [3.05, 3.63) is 27.8 Å². The number of unbranched alkanes of at least 4 members (excludes halogenated alkanes) is 6. The molecule has 1 heterocycles. The van der Waals surface area contributed by atoms with Crippen LogP contribution in [0.4, 0.5) is 10.5 Å². The van der Waals surface area contributed by atoms with E-state index in [0.29, 0.717) is 30.2 Å². The Bertz CT molecular complexity index is 697. The molecule has 2 rings (SSSR count). The number of hydrogen-bond acceptors (Lipinski definition) is 6. The predicted molar refractivity (Wildman–Crippen MR) is 114 cm³/mol. The maximum atomic E-state index is 12.8. The van der Waals surface area contributed by atoms with Gasteiger partial charge < -0.3 is 19.1 Å². The summed E-state index contributed by atoms with van der Waals surface area (Å²) in [5.41, 5.74) is 0.159. The molecule has 0 aliphatic carbocycles. The molecule has 1 aliphatic rings. The molecule has 0 fully saturated rings. The van der Waals surface area contributed by atoms with Crippen LogP contribution in [0.2, 0.25) is 0 Å². The van der Waals surface area contributed by atoms with Gasteiger partial charge in [-0.3, -0.25) is 10.1 Å². The van der Waals surface area contributed by atoms with Gasteiger partial charge in [0, 0.05) is 13.1 Å². The fourth-order valence-corrected chi connectivity index (χ4v) is 3.47. The lowest BCUT2D eigenvalue weighted by molar-refractivity contribution is -0.386. The summed E-state index contributed by atoms with van der Waals surface area (Å²) in [7, 11) is 0. The Hall–Kier alpha value is -2.51. The maximum absolute atomic E-state index is 12.8. The highest BCUT2D eigenvalue weighted by atomic mass is 16.7. The van der Waals surface area contributed by atoms with Gasteiger partial charge in [0.15, 0.2) is 11.5 Å². The highest BCUT2D eigenvalue weighted by Gasteiger charge is 2.29. The highest BCUT2D eigenvalue weighted by Crippen LogP contribution is 2.41. The van der Waals surface area contributed by atoms with Crippen molar-refractivity contribution < 1.29 is 23.9 Å². The van der Waals surface area contributed by atoms with E-state index in [1.165, 1.54) is 12.1 Å². The lowest BCUT2D eigenvalue weighted by atomic mass is 10.1. The number of fused-ring (bicyclic) bond motifs is 1. The number of hydrogen-bond donors (Lipinski definition) is 0. The first-order valence-corrected chi connectivity index (χ1v) is 11.0. The Balaban J connectivity index is 2.06. The van der Waals surface area contributed by atoms with Crippen molar-refractivity contribution >= 4 is 11.8 Å². The fourth-order valence-electron chi connectivity index (χ4n) is 3.47. The first kappa shape index (κ1) is 23.8. The van der Waals surface area contributed by atoms with Crippen LogP contribution in [0.1, 0.15) is 83.8 Å². The van der Waals surface area contributed by atoms with Gasteiger partial charge >= 0.3 is 6.09 Å². The standard InChI is InChI=1S/C22H34N2O6/c1-4-6-8-10-12-23(13-11-9-7-5-2)22(25)30-17(3)18-14-20-21(29-16-28-20)15-19(18)24(26)27/h14-15,17H,4-13,16H2,1-3H3. The predicted octanol–water partition coefficient (Wildman–Crippen LogP) is 5.98. The second kappa shape index (κ2) is 12.2. The molecule has 0 spiro atoms. The molecule has 0 bridgehead atoms. The van der Waals surface area contributed by atoms with Crippen LogP contribution in [0.3, 0.4) is 0 Å². The zero-order chi connectivity index (χ0) is 21.9. The molecule has 1 aromatic carbocycles. The third kappa shape index (κ3) is 6.78. The molecule has 30 heavy (non-hydrogen) atoms. The van der Waals surface area contributed by atoms with Gasteiger partial charge in [-0.2, -0.15) is 0 Å². The van der Waals surface area contributed by atoms with E-state index in [4.69, 9.17) is 14.2 Å². The first-order chi connectivity index (χ1) is 14.5. The molecule has 0 saturated carbocycles. The summed E-state index contributed by atoms with van der Waals surface area (Å²) >= 11 is 0. The number of ether oxygens (including phenoxy) is 3. The maximum Gasteiger partial charge on any atom is 0.410 e. The van der Waals surface area contributed by atoms with E-state index in [1.54, 1.807) is 11.8 Å². The lowest BCUT2D eigenvalue weighted by Crippen LogP contribution is -2.34. The quantitative estimate of drug-likeness (QED) is 0.220. The van der Waals surface area contributed by atoms with Crippen molar-refractivity contribution in [2.75, 3.05) is 19.9 Å². The van der Waals surface area contributed by atoms with E-state index in [9.17, 15) is 14.9 Å². The number of carbonyl (C=O) groups is 1. The Labute approximate surface area is 178 Å². The molecular formula is C22H34N2O6. The first-order valence-electron chi connectivity index (χ1n) is 11.0. The van der Waals surface area contributed by atoms with Crippen LogP contribution in [-0.4, -0.2) is 35.8 Å². The summed E-state index contributed by atoms with van der Waals surface area (Å²) in [5.74, 6) is 0.756. The topological polar surface area (TPSA) is 91.1 Å². The van der Waals surface area contributed by atoms with Gasteiger partial charge in [0.05, 0.1) is 16.6 Å². The van der Waals surface area contributed by atoms with Gasteiger partial charge in [0.2, 0.25) is 6.79 Å². The molecule has 1 amide bonds. The number of nitro groups is 1. The molecule has 0 N–H and O–H groups in total. The largest absolute Gasteiger partial charge is 0.454 e. The second-order valence-electron chi connectivity index (χ2n) is 7.66. The molecule has 0 aromatic heterocycles. The van der Waals surface area contributed by atoms with Crippen molar-refractivity contribution in [3.63, 3.8) is 0 Å². The second-order valence-corrected chi connectivity index (χ2v) is 7.66. The molecule has 1 atom stereocenters. The smallest absolute Gasteiger partial charge is 0.410 e. The minimum atomic E-state index is -0.777. The van der Waals surface area contributed by atoms with Gasteiger partial charge in [0.25, 0.3) is 5.69 Å². The SMILES string of the molecule is CCCCCCN(CCCCCC)C(=O)OC(C)c1cc2c(cc1[N+](=O)[O-])OCO2. The van der Waals surface area contributed by atoms with Gasteiger partial charge in [0.1, 0.15) is 6.10 Å². The highest BCUT2D eigenvalue weighted by molar-refractivity contribution is 5.68. The van der Waals surface area contributed by atoms with Crippen molar-refractivity contribution in [1.82, 2.24) is 4.90 Å². The van der Waals surface area contributed by atoms with Crippen LogP contribution < -0.4 is 9.47 Å². The Morgan fingerprint density at radius 3 is 2.17 bits per heavy atom. The number of nitro benzene ring substituents is 1.